The van der Waals surface area contributed by atoms with E-state index in [0.29, 0.717) is 6.42 Å². The molecule has 3 heteroatoms. The summed E-state index contributed by atoms with van der Waals surface area (Å²) in [5.74, 6) is 0.177. The molecule has 0 N–H and O–H groups in total. The minimum Gasteiger partial charge on any atom is -0.315 e. The second kappa shape index (κ2) is 5.53. The van der Waals surface area contributed by atoms with Crippen molar-refractivity contribution in [2.24, 2.45) is 0 Å². The van der Waals surface area contributed by atoms with Crippen LogP contribution in [0.4, 0.5) is 5.69 Å². The van der Waals surface area contributed by atoms with E-state index in [1.807, 2.05) is 31.3 Å². The molecule has 21 heavy (non-hydrogen) atoms. The molecule has 1 amide bonds. The smallest absolute Gasteiger partial charge is 0.227 e. The number of aryl methyl sites for hydroxylation is 2. The third kappa shape index (κ3) is 2.56. The molecule has 1 unspecified atom stereocenters. The Hall–Kier alpha value is -1.80. The van der Waals surface area contributed by atoms with Crippen molar-refractivity contribution in [2.75, 3.05) is 11.9 Å². The predicted molar refractivity (Wildman–Crippen MR) is 87.0 cm³/mol. The van der Waals surface area contributed by atoms with E-state index in [1.54, 1.807) is 4.90 Å². The number of anilines is 1. The first kappa shape index (κ1) is 14.2. The van der Waals surface area contributed by atoms with Crippen LogP contribution in [0, 0.1) is 6.92 Å². The number of carbonyl (C=O) groups is 1. The van der Waals surface area contributed by atoms with Gasteiger partial charge in [0.1, 0.15) is 0 Å². The molecule has 2 nitrogen and oxygen atoms in total. The van der Waals surface area contributed by atoms with Gasteiger partial charge in [-0.3, -0.25) is 4.79 Å². The number of hydrogen-bond acceptors (Lipinski definition) is 1. The molecule has 0 radical (unpaired) electrons. The quantitative estimate of drug-likeness (QED) is 0.760. The normalized spacial score (nSPS) is 15.8. The van der Waals surface area contributed by atoms with Gasteiger partial charge in [-0.1, -0.05) is 36.4 Å². The van der Waals surface area contributed by atoms with Crippen molar-refractivity contribution in [3.05, 3.63) is 64.7 Å². The Morgan fingerprint density at radius 2 is 1.90 bits per heavy atom. The summed E-state index contributed by atoms with van der Waals surface area (Å²) >= 11 is 6.66. The molecule has 0 saturated heterocycles. The molecule has 1 atom stereocenters. The van der Waals surface area contributed by atoms with Crippen molar-refractivity contribution >= 4 is 23.2 Å². The molecule has 0 spiro atoms. The Morgan fingerprint density at radius 3 is 2.67 bits per heavy atom. The number of amides is 1. The minimum absolute atomic E-state index is 0.153. The fourth-order valence-electron chi connectivity index (χ4n) is 2.88. The van der Waals surface area contributed by atoms with Crippen LogP contribution in [0.1, 0.15) is 34.1 Å². The largest absolute Gasteiger partial charge is 0.315 e. The monoisotopic (exact) mass is 299 g/mol. The van der Waals surface area contributed by atoms with E-state index in [1.165, 1.54) is 11.1 Å². The molecule has 0 bridgehead atoms. The Morgan fingerprint density at radius 1 is 1.14 bits per heavy atom. The van der Waals surface area contributed by atoms with Crippen LogP contribution in [-0.4, -0.2) is 13.0 Å². The van der Waals surface area contributed by atoms with Gasteiger partial charge in [0.2, 0.25) is 5.91 Å². The number of benzene rings is 2. The maximum atomic E-state index is 11.7. The zero-order valence-electron chi connectivity index (χ0n) is 12.3. The van der Waals surface area contributed by atoms with Crippen molar-refractivity contribution in [2.45, 2.75) is 25.1 Å². The van der Waals surface area contributed by atoms with Crippen molar-refractivity contribution in [3.63, 3.8) is 0 Å². The summed E-state index contributed by atoms with van der Waals surface area (Å²) in [5, 5.41) is -0.153. The summed E-state index contributed by atoms with van der Waals surface area (Å²) in [5.41, 5.74) is 5.63. The van der Waals surface area contributed by atoms with Gasteiger partial charge in [-0.05, 0) is 41.7 Å². The first-order valence-electron chi connectivity index (χ1n) is 7.17. The molecule has 1 heterocycles. The molecular formula is C18H18ClNO. The molecule has 3 rings (SSSR count). The van der Waals surface area contributed by atoms with Crippen molar-refractivity contribution in [1.82, 2.24) is 0 Å². The Kier molecular flexibility index (Phi) is 3.73. The molecule has 2 aromatic carbocycles. The lowest BCUT2D eigenvalue weighted by molar-refractivity contribution is -0.118. The topological polar surface area (TPSA) is 20.3 Å². The first-order chi connectivity index (χ1) is 10.1. The molecule has 0 saturated carbocycles. The van der Waals surface area contributed by atoms with Crippen LogP contribution in [0.5, 0.6) is 0 Å². The number of fused-ring (bicyclic) bond motifs is 1. The average Bonchev–Trinajstić information content (AvgIpc) is 2.50. The molecule has 0 aliphatic carbocycles. The van der Waals surface area contributed by atoms with Gasteiger partial charge in [0.15, 0.2) is 0 Å². The van der Waals surface area contributed by atoms with E-state index in [0.717, 1.165) is 23.2 Å². The predicted octanol–water partition coefficient (Wildman–Crippen LogP) is 4.23. The van der Waals surface area contributed by atoms with Crippen LogP contribution in [-0.2, 0) is 11.2 Å². The number of rotatable bonds is 2. The molecule has 2 aromatic rings. The lowest BCUT2D eigenvalue weighted by Crippen LogP contribution is -2.31. The summed E-state index contributed by atoms with van der Waals surface area (Å²) < 4.78 is 0. The lowest BCUT2D eigenvalue weighted by Gasteiger charge is -2.26. The van der Waals surface area contributed by atoms with E-state index in [4.69, 9.17) is 11.6 Å². The summed E-state index contributed by atoms with van der Waals surface area (Å²) in [6, 6.07) is 14.4. The number of halogens is 1. The van der Waals surface area contributed by atoms with Crippen molar-refractivity contribution in [1.29, 1.82) is 0 Å². The second-order valence-corrected chi connectivity index (χ2v) is 6.00. The van der Waals surface area contributed by atoms with Gasteiger partial charge in [0.05, 0.1) is 5.38 Å². The molecular weight excluding hydrogens is 282 g/mol. The maximum absolute atomic E-state index is 11.7. The van der Waals surface area contributed by atoms with Crippen LogP contribution in [0.15, 0.2) is 42.5 Å². The van der Waals surface area contributed by atoms with Gasteiger partial charge in [-0.2, -0.15) is 0 Å². The van der Waals surface area contributed by atoms with Crippen molar-refractivity contribution in [3.8, 4) is 0 Å². The first-order valence-corrected chi connectivity index (χ1v) is 7.60. The maximum Gasteiger partial charge on any atom is 0.227 e. The third-order valence-electron chi connectivity index (χ3n) is 4.20. The molecule has 0 fully saturated rings. The highest BCUT2D eigenvalue weighted by Crippen LogP contribution is 2.35. The van der Waals surface area contributed by atoms with Crippen LogP contribution in [0.25, 0.3) is 0 Å². The highest BCUT2D eigenvalue weighted by molar-refractivity contribution is 6.22. The Balaban J connectivity index is 1.98. The highest BCUT2D eigenvalue weighted by Gasteiger charge is 2.22. The minimum atomic E-state index is -0.153. The Bertz CT molecular complexity index is 695. The van der Waals surface area contributed by atoms with Gasteiger partial charge in [-0.25, -0.2) is 0 Å². The third-order valence-corrected chi connectivity index (χ3v) is 4.69. The highest BCUT2D eigenvalue weighted by atomic mass is 35.5. The zero-order chi connectivity index (χ0) is 15.0. The summed E-state index contributed by atoms with van der Waals surface area (Å²) in [6.07, 6.45) is 1.37. The number of carbonyl (C=O) groups excluding carboxylic acids is 1. The van der Waals surface area contributed by atoms with E-state index >= 15 is 0 Å². The standard InChI is InChI=1S/C18H18ClNO/c1-12-5-3-4-6-15(12)18(19)14-7-9-16-13(11-14)8-10-17(21)20(16)2/h3-7,9,11,18H,8,10H2,1-2H3. The Labute approximate surface area is 130 Å². The lowest BCUT2D eigenvalue weighted by atomic mass is 9.94. The number of nitrogens with zero attached hydrogens (tertiary/aromatic N) is 1. The summed E-state index contributed by atoms with van der Waals surface area (Å²) in [6.45, 7) is 2.08. The fourth-order valence-corrected chi connectivity index (χ4v) is 3.27. The van der Waals surface area contributed by atoms with Gasteiger partial charge in [-0.15, -0.1) is 11.6 Å². The summed E-state index contributed by atoms with van der Waals surface area (Å²) in [4.78, 5) is 13.5. The molecule has 0 aromatic heterocycles. The van der Waals surface area contributed by atoms with Crippen LogP contribution >= 0.6 is 11.6 Å². The molecule has 1 aliphatic rings. The van der Waals surface area contributed by atoms with Gasteiger partial charge >= 0.3 is 0 Å². The van der Waals surface area contributed by atoms with E-state index in [-0.39, 0.29) is 11.3 Å². The number of alkyl halides is 1. The van der Waals surface area contributed by atoms with Crippen LogP contribution < -0.4 is 4.90 Å². The van der Waals surface area contributed by atoms with Crippen LogP contribution in [0.2, 0.25) is 0 Å². The van der Waals surface area contributed by atoms with Gasteiger partial charge < -0.3 is 4.90 Å². The van der Waals surface area contributed by atoms with E-state index in [9.17, 15) is 4.79 Å². The average molecular weight is 300 g/mol. The van der Waals surface area contributed by atoms with Crippen LogP contribution in [0.3, 0.4) is 0 Å². The van der Waals surface area contributed by atoms with E-state index < -0.39 is 0 Å². The summed E-state index contributed by atoms with van der Waals surface area (Å²) in [7, 11) is 1.83. The second-order valence-electron chi connectivity index (χ2n) is 5.56. The number of hydrogen-bond donors (Lipinski definition) is 0. The molecule has 1 aliphatic heterocycles. The molecule has 108 valence electrons. The van der Waals surface area contributed by atoms with Crippen molar-refractivity contribution < 1.29 is 4.79 Å². The fraction of sp³-hybridized carbons (Fsp3) is 0.278. The van der Waals surface area contributed by atoms with Gasteiger partial charge in [0.25, 0.3) is 0 Å². The zero-order valence-corrected chi connectivity index (χ0v) is 13.0. The SMILES string of the molecule is Cc1ccccc1C(Cl)c1ccc2c(c1)CCC(=O)N2C. The van der Waals surface area contributed by atoms with Gasteiger partial charge in [0, 0.05) is 19.2 Å². The van der Waals surface area contributed by atoms with E-state index in [2.05, 4.69) is 25.1 Å².